The summed E-state index contributed by atoms with van der Waals surface area (Å²) >= 11 is 5.98. The number of halogens is 1. The summed E-state index contributed by atoms with van der Waals surface area (Å²) in [7, 11) is 0. The van der Waals surface area contributed by atoms with E-state index >= 15 is 0 Å². The first-order valence-corrected chi connectivity index (χ1v) is 7.55. The summed E-state index contributed by atoms with van der Waals surface area (Å²) in [6.45, 7) is 4.09. The van der Waals surface area contributed by atoms with E-state index in [0.29, 0.717) is 5.02 Å². The zero-order chi connectivity index (χ0) is 15.6. The number of carbonyl (C=O) groups is 2. The molecule has 0 spiro atoms. The van der Waals surface area contributed by atoms with Gasteiger partial charge in [0.25, 0.3) is 0 Å². The molecule has 1 aliphatic rings. The summed E-state index contributed by atoms with van der Waals surface area (Å²) in [6.07, 6.45) is 0.800. The topological polar surface area (TPSA) is 57.6 Å². The number of aliphatic carboxylic acids is 1. The van der Waals surface area contributed by atoms with Gasteiger partial charge in [0.1, 0.15) is 0 Å². The van der Waals surface area contributed by atoms with Gasteiger partial charge >= 0.3 is 5.97 Å². The van der Waals surface area contributed by atoms with Crippen molar-refractivity contribution in [1.82, 2.24) is 4.90 Å². The van der Waals surface area contributed by atoms with Gasteiger partial charge < -0.3 is 10.0 Å². The first-order chi connectivity index (χ1) is 9.90. The number of carboxylic acid groups (broad SMARTS) is 1. The molecule has 1 aliphatic carbocycles. The Bertz CT molecular complexity index is 544. The van der Waals surface area contributed by atoms with Crippen molar-refractivity contribution in [1.29, 1.82) is 0 Å². The molecule has 1 saturated carbocycles. The Balaban J connectivity index is 2.01. The first-order valence-electron chi connectivity index (χ1n) is 7.18. The molecule has 1 fully saturated rings. The fraction of sp³-hybridized carbons (Fsp3) is 0.500. The molecule has 0 radical (unpaired) electrons. The molecule has 0 aromatic heterocycles. The highest BCUT2D eigenvalue weighted by molar-refractivity contribution is 6.30. The summed E-state index contributed by atoms with van der Waals surface area (Å²) in [5.41, 5.74) is 1.09. The van der Waals surface area contributed by atoms with E-state index in [-0.39, 0.29) is 36.8 Å². The number of rotatable bonds is 6. The maximum absolute atomic E-state index is 12.5. The van der Waals surface area contributed by atoms with Crippen LogP contribution in [0.15, 0.2) is 24.3 Å². The number of amides is 1. The van der Waals surface area contributed by atoms with Crippen molar-refractivity contribution >= 4 is 23.5 Å². The van der Waals surface area contributed by atoms with Gasteiger partial charge in [0.2, 0.25) is 5.91 Å². The fourth-order valence-corrected chi connectivity index (χ4v) is 2.82. The van der Waals surface area contributed by atoms with E-state index in [4.69, 9.17) is 16.7 Å². The lowest BCUT2D eigenvalue weighted by molar-refractivity contribution is -0.139. The smallest absolute Gasteiger partial charge is 0.305 e. The highest BCUT2D eigenvalue weighted by atomic mass is 35.5. The van der Waals surface area contributed by atoms with Crippen LogP contribution in [0.25, 0.3) is 0 Å². The largest absolute Gasteiger partial charge is 0.481 e. The number of carboxylic acids is 1. The molecule has 0 heterocycles. The average molecular weight is 310 g/mol. The van der Waals surface area contributed by atoms with E-state index < -0.39 is 5.97 Å². The molecule has 114 valence electrons. The Hall–Kier alpha value is -1.55. The van der Waals surface area contributed by atoms with Gasteiger partial charge in [0.15, 0.2) is 0 Å². The number of nitrogens with zero attached hydrogens (tertiary/aromatic N) is 1. The van der Waals surface area contributed by atoms with Crippen LogP contribution in [0.5, 0.6) is 0 Å². The number of hydrogen-bond donors (Lipinski definition) is 1. The van der Waals surface area contributed by atoms with Crippen molar-refractivity contribution in [3.05, 3.63) is 34.9 Å². The van der Waals surface area contributed by atoms with Crippen LogP contribution in [0.1, 0.15) is 38.2 Å². The number of carbonyl (C=O) groups excluding carboxylic acids is 1. The monoisotopic (exact) mass is 309 g/mol. The molecule has 1 aromatic carbocycles. The van der Waals surface area contributed by atoms with E-state index in [0.717, 1.165) is 12.0 Å². The standard InChI is InChI=1S/C16H20ClNO3/c1-10(2)18(7-6-15(19)20)16(21)14-9-13(14)11-4-3-5-12(17)8-11/h3-5,8,10,13-14H,6-7,9H2,1-2H3,(H,19,20). The maximum atomic E-state index is 12.5. The molecular weight excluding hydrogens is 290 g/mol. The van der Waals surface area contributed by atoms with Gasteiger partial charge in [-0.25, -0.2) is 0 Å². The van der Waals surface area contributed by atoms with Crippen LogP contribution in [0, 0.1) is 5.92 Å². The summed E-state index contributed by atoms with van der Waals surface area (Å²) in [6, 6.07) is 7.61. The third-order valence-electron chi connectivity index (χ3n) is 3.86. The average Bonchev–Trinajstić information content (AvgIpc) is 3.18. The van der Waals surface area contributed by atoms with E-state index in [1.165, 1.54) is 0 Å². The Kier molecular flexibility index (Phi) is 4.88. The van der Waals surface area contributed by atoms with Crippen LogP contribution in [0.2, 0.25) is 5.02 Å². The van der Waals surface area contributed by atoms with Crippen molar-refractivity contribution in [2.45, 2.75) is 38.6 Å². The first kappa shape index (κ1) is 15.8. The van der Waals surface area contributed by atoms with E-state index in [9.17, 15) is 9.59 Å². The lowest BCUT2D eigenvalue weighted by atomic mass is 10.1. The lowest BCUT2D eigenvalue weighted by Crippen LogP contribution is -2.39. The van der Waals surface area contributed by atoms with Crippen molar-refractivity contribution in [3.8, 4) is 0 Å². The van der Waals surface area contributed by atoms with Crippen LogP contribution in [-0.4, -0.2) is 34.5 Å². The minimum absolute atomic E-state index is 0.0115. The molecule has 0 bridgehead atoms. The Morgan fingerprint density at radius 2 is 2.14 bits per heavy atom. The zero-order valence-electron chi connectivity index (χ0n) is 12.3. The third-order valence-corrected chi connectivity index (χ3v) is 4.09. The second-order valence-electron chi connectivity index (χ2n) is 5.77. The van der Waals surface area contributed by atoms with Crippen LogP contribution < -0.4 is 0 Å². The van der Waals surface area contributed by atoms with E-state index in [1.54, 1.807) is 4.90 Å². The predicted molar refractivity (Wildman–Crippen MR) is 81.4 cm³/mol. The van der Waals surface area contributed by atoms with Gasteiger partial charge in [-0.05, 0) is 43.9 Å². The van der Waals surface area contributed by atoms with Gasteiger partial charge in [-0.1, -0.05) is 23.7 Å². The van der Waals surface area contributed by atoms with Gasteiger partial charge in [-0.15, -0.1) is 0 Å². The van der Waals surface area contributed by atoms with Crippen molar-refractivity contribution in [2.75, 3.05) is 6.54 Å². The summed E-state index contributed by atoms with van der Waals surface area (Å²) in [5.74, 6) is -0.659. The van der Waals surface area contributed by atoms with Crippen LogP contribution >= 0.6 is 11.6 Å². The van der Waals surface area contributed by atoms with Crippen LogP contribution in [-0.2, 0) is 9.59 Å². The van der Waals surface area contributed by atoms with Crippen molar-refractivity contribution < 1.29 is 14.7 Å². The molecule has 21 heavy (non-hydrogen) atoms. The quantitative estimate of drug-likeness (QED) is 0.878. The molecule has 2 rings (SSSR count). The minimum atomic E-state index is -0.879. The Labute approximate surface area is 129 Å². The SMILES string of the molecule is CC(C)N(CCC(=O)O)C(=O)C1CC1c1cccc(Cl)c1. The predicted octanol–water partition coefficient (Wildman–Crippen LogP) is 3.16. The van der Waals surface area contributed by atoms with Gasteiger partial charge in [0, 0.05) is 23.5 Å². The Morgan fingerprint density at radius 1 is 1.43 bits per heavy atom. The zero-order valence-corrected chi connectivity index (χ0v) is 13.0. The lowest BCUT2D eigenvalue weighted by Gasteiger charge is -2.26. The summed E-state index contributed by atoms with van der Waals surface area (Å²) in [5, 5.41) is 9.47. The van der Waals surface area contributed by atoms with Gasteiger partial charge in [-0.2, -0.15) is 0 Å². The maximum Gasteiger partial charge on any atom is 0.305 e. The minimum Gasteiger partial charge on any atom is -0.481 e. The van der Waals surface area contributed by atoms with E-state index in [2.05, 4.69) is 0 Å². The second-order valence-corrected chi connectivity index (χ2v) is 6.21. The fourth-order valence-electron chi connectivity index (χ4n) is 2.63. The number of benzene rings is 1. The number of hydrogen-bond acceptors (Lipinski definition) is 2. The molecule has 2 unspecified atom stereocenters. The third kappa shape index (κ3) is 3.97. The molecule has 0 saturated heterocycles. The van der Waals surface area contributed by atoms with Crippen molar-refractivity contribution in [3.63, 3.8) is 0 Å². The highest BCUT2D eigenvalue weighted by Crippen LogP contribution is 2.49. The highest BCUT2D eigenvalue weighted by Gasteiger charge is 2.46. The Morgan fingerprint density at radius 3 is 2.71 bits per heavy atom. The normalized spacial score (nSPS) is 20.4. The second kappa shape index (κ2) is 6.48. The van der Waals surface area contributed by atoms with Crippen LogP contribution in [0.3, 0.4) is 0 Å². The molecular formula is C16H20ClNO3. The molecule has 5 heteroatoms. The van der Waals surface area contributed by atoms with E-state index in [1.807, 2.05) is 38.1 Å². The summed E-state index contributed by atoms with van der Waals surface area (Å²) in [4.78, 5) is 24.9. The molecule has 1 amide bonds. The van der Waals surface area contributed by atoms with Crippen LogP contribution in [0.4, 0.5) is 0 Å². The van der Waals surface area contributed by atoms with Gasteiger partial charge in [-0.3, -0.25) is 9.59 Å². The summed E-state index contributed by atoms with van der Waals surface area (Å²) < 4.78 is 0. The molecule has 1 N–H and O–H groups in total. The van der Waals surface area contributed by atoms with Crippen molar-refractivity contribution in [2.24, 2.45) is 5.92 Å². The molecule has 4 nitrogen and oxygen atoms in total. The van der Waals surface area contributed by atoms with Gasteiger partial charge in [0.05, 0.1) is 6.42 Å². The molecule has 2 atom stereocenters. The molecule has 0 aliphatic heterocycles. The molecule has 1 aromatic rings.